The van der Waals surface area contributed by atoms with Crippen LogP contribution in [0.25, 0.3) is 0 Å². The van der Waals surface area contributed by atoms with E-state index in [1.165, 1.54) is 0 Å². The molecule has 0 atom stereocenters. The molecule has 2 N–H and O–H groups in total. The minimum absolute atomic E-state index is 0.0681. The Bertz CT molecular complexity index is 306. The summed E-state index contributed by atoms with van der Waals surface area (Å²) in [6.45, 7) is 3.30. The molecular formula is C7H10N4O. The lowest BCUT2D eigenvalue weighted by atomic mass is 10.4. The number of H-pyrrole nitrogens is 1. The topological polar surface area (TPSA) is 61.0 Å². The highest BCUT2D eigenvalue weighted by Crippen LogP contribution is 2.13. The number of urea groups is 1. The lowest BCUT2D eigenvalue weighted by Crippen LogP contribution is -2.27. The van der Waals surface area contributed by atoms with Gasteiger partial charge in [-0.05, 0) is 6.92 Å². The molecule has 1 saturated heterocycles. The summed E-state index contributed by atoms with van der Waals surface area (Å²) in [5, 5.41) is 9.49. The van der Waals surface area contributed by atoms with E-state index in [2.05, 4.69) is 15.5 Å². The molecule has 2 amide bonds. The fourth-order valence-electron chi connectivity index (χ4n) is 1.23. The van der Waals surface area contributed by atoms with Crippen molar-refractivity contribution in [3.05, 3.63) is 11.8 Å². The van der Waals surface area contributed by atoms with E-state index >= 15 is 0 Å². The monoisotopic (exact) mass is 166 g/mol. The summed E-state index contributed by atoms with van der Waals surface area (Å²) < 4.78 is 0. The minimum Gasteiger partial charge on any atom is -0.336 e. The van der Waals surface area contributed by atoms with Crippen LogP contribution in [-0.4, -0.2) is 29.3 Å². The van der Waals surface area contributed by atoms with Gasteiger partial charge in [0.25, 0.3) is 0 Å². The van der Waals surface area contributed by atoms with Gasteiger partial charge < -0.3 is 5.32 Å². The molecule has 5 heteroatoms. The van der Waals surface area contributed by atoms with E-state index < -0.39 is 0 Å². The Morgan fingerprint density at radius 3 is 3.00 bits per heavy atom. The number of nitrogens with one attached hydrogen (secondary N) is 2. The van der Waals surface area contributed by atoms with Crippen molar-refractivity contribution in [3.63, 3.8) is 0 Å². The summed E-state index contributed by atoms with van der Waals surface area (Å²) in [4.78, 5) is 12.8. The maximum Gasteiger partial charge on any atom is 0.323 e. The number of carbonyl (C=O) groups excluding carboxylic acids is 1. The molecule has 0 spiro atoms. The molecule has 1 aromatic rings. The molecule has 0 radical (unpaired) electrons. The first kappa shape index (κ1) is 7.15. The molecule has 0 unspecified atom stereocenters. The van der Waals surface area contributed by atoms with Gasteiger partial charge in [0, 0.05) is 24.8 Å². The second-order valence-corrected chi connectivity index (χ2v) is 2.79. The number of hydrogen-bond acceptors (Lipinski definition) is 2. The van der Waals surface area contributed by atoms with Crippen LogP contribution in [0.4, 0.5) is 10.6 Å². The highest BCUT2D eigenvalue weighted by Gasteiger charge is 2.22. The first-order valence-electron chi connectivity index (χ1n) is 3.85. The smallest absolute Gasteiger partial charge is 0.323 e. The minimum atomic E-state index is -0.0681. The van der Waals surface area contributed by atoms with Crippen molar-refractivity contribution in [2.75, 3.05) is 18.0 Å². The summed E-state index contributed by atoms with van der Waals surface area (Å²) in [5.74, 6) is 0.697. The van der Waals surface area contributed by atoms with E-state index in [0.717, 1.165) is 5.69 Å². The molecule has 1 fully saturated rings. The Balaban J connectivity index is 2.24. The van der Waals surface area contributed by atoms with Crippen LogP contribution >= 0.6 is 0 Å². The average molecular weight is 166 g/mol. The van der Waals surface area contributed by atoms with Gasteiger partial charge in [-0.25, -0.2) is 4.79 Å². The molecule has 12 heavy (non-hydrogen) atoms. The van der Waals surface area contributed by atoms with Gasteiger partial charge in [-0.1, -0.05) is 0 Å². The molecule has 2 rings (SSSR count). The lowest BCUT2D eigenvalue weighted by Gasteiger charge is -2.08. The number of amides is 2. The molecule has 1 aliphatic rings. The summed E-state index contributed by atoms with van der Waals surface area (Å²) in [7, 11) is 0. The fourth-order valence-corrected chi connectivity index (χ4v) is 1.23. The van der Waals surface area contributed by atoms with Crippen molar-refractivity contribution < 1.29 is 4.79 Å². The average Bonchev–Trinajstić information content (AvgIpc) is 2.58. The number of rotatable bonds is 1. The van der Waals surface area contributed by atoms with Crippen LogP contribution in [0.2, 0.25) is 0 Å². The van der Waals surface area contributed by atoms with E-state index in [9.17, 15) is 4.79 Å². The van der Waals surface area contributed by atoms with Gasteiger partial charge >= 0.3 is 6.03 Å². The zero-order chi connectivity index (χ0) is 8.55. The van der Waals surface area contributed by atoms with Crippen LogP contribution in [0, 0.1) is 6.92 Å². The van der Waals surface area contributed by atoms with Crippen molar-refractivity contribution in [2.24, 2.45) is 0 Å². The summed E-state index contributed by atoms with van der Waals surface area (Å²) in [6.07, 6.45) is 0. The van der Waals surface area contributed by atoms with Crippen molar-refractivity contribution in [2.45, 2.75) is 6.92 Å². The number of carbonyl (C=O) groups is 1. The zero-order valence-corrected chi connectivity index (χ0v) is 6.79. The molecule has 0 aliphatic carbocycles. The van der Waals surface area contributed by atoms with Gasteiger partial charge in [0.15, 0.2) is 5.82 Å². The molecule has 0 bridgehead atoms. The predicted octanol–water partition coefficient (Wildman–Crippen LogP) is 0.248. The van der Waals surface area contributed by atoms with E-state index in [4.69, 9.17) is 0 Å². The quantitative estimate of drug-likeness (QED) is 0.628. The maximum absolute atomic E-state index is 11.1. The third-order valence-electron chi connectivity index (χ3n) is 1.83. The number of aromatic amines is 1. The lowest BCUT2D eigenvalue weighted by molar-refractivity contribution is 0.252. The van der Waals surface area contributed by atoms with E-state index in [0.29, 0.717) is 18.9 Å². The van der Waals surface area contributed by atoms with Gasteiger partial charge in [0.05, 0.1) is 0 Å². The number of anilines is 1. The first-order valence-corrected chi connectivity index (χ1v) is 3.85. The standard InChI is InChI=1S/C7H10N4O/c1-5-4-6(10-9-5)11-3-2-8-7(11)12/h4H,2-3H2,1H3,(H,8,12)(H,9,10). The van der Waals surface area contributed by atoms with Gasteiger partial charge in [-0.3, -0.25) is 10.00 Å². The van der Waals surface area contributed by atoms with Crippen molar-refractivity contribution in [1.29, 1.82) is 0 Å². The largest absolute Gasteiger partial charge is 0.336 e. The molecule has 5 nitrogen and oxygen atoms in total. The molecule has 64 valence electrons. The predicted molar refractivity (Wildman–Crippen MR) is 44.1 cm³/mol. The number of aryl methyl sites for hydroxylation is 1. The highest BCUT2D eigenvalue weighted by atomic mass is 16.2. The Hall–Kier alpha value is -1.52. The van der Waals surface area contributed by atoms with Crippen LogP contribution in [0.3, 0.4) is 0 Å². The van der Waals surface area contributed by atoms with Crippen LogP contribution < -0.4 is 10.2 Å². The molecule has 1 aliphatic heterocycles. The normalized spacial score (nSPS) is 16.8. The van der Waals surface area contributed by atoms with E-state index in [1.807, 2.05) is 13.0 Å². The number of nitrogens with zero attached hydrogens (tertiary/aromatic N) is 2. The fraction of sp³-hybridized carbons (Fsp3) is 0.429. The summed E-state index contributed by atoms with van der Waals surface area (Å²) in [6, 6.07) is 1.78. The molecular weight excluding hydrogens is 156 g/mol. The van der Waals surface area contributed by atoms with Crippen LogP contribution in [0.5, 0.6) is 0 Å². The third kappa shape index (κ3) is 1.03. The van der Waals surface area contributed by atoms with Crippen LogP contribution in [0.1, 0.15) is 5.69 Å². The summed E-state index contributed by atoms with van der Waals surface area (Å²) >= 11 is 0. The van der Waals surface area contributed by atoms with Crippen LogP contribution in [0.15, 0.2) is 6.07 Å². The highest BCUT2D eigenvalue weighted by molar-refractivity contribution is 5.93. The summed E-state index contributed by atoms with van der Waals surface area (Å²) in [5.41, 5.74) is 0.963. The zero-order valence-electron chi connectivity index (χ0n) is 6.79. The van der Waals surface area contributed by atoms with Gasteiger partial charge in [-0.2, -0.15) is 5.10 Å². The van der Waals surface area contributed by atoms with E-state index in [1.54, 1.807) is 4.90 Å². The second-order valence-electron chi connectivity index (χ2n) is 2.79. The molecule has 0 saturated carbocycles. The Labute approximate surface area is 69.8 Å². The van der Waals surface area contributed by atoms with Gasteiger partial charge in [0.1, 0.15) is 0 Å². The second kappa shape index (κ2) is 2.51. The first-order chi connectivity index (χ1) is 5.77. The molecule has 1 aromatic heterocycles. The van der Waals surface area contributed by atoms with Crippen molar-refractivity contribution in [1.82, 2.24) is 15.5 Å². The van der Waals surface area contributed by atoms with Crippen molar-refractivity contribution >= 4 is 11.8 Å². The van der Waals surface area contributed by atoms with E-state index in [-0.39, 0.29) is 6.03 Å². The third-order valence-corrected chi connectivity index (χ3v) is 1.83. The SMILES string of the molecule is Cc1cc(N2CCNC2=O)n[nH]1. The maximum atomic E-state index is 11.1. The Morgan fingerprint density at radius 1 is 1.67 bits per heavy atom. The molecule has 0 aromatic carbocycles. The van der Waals surface area contributed by atoms with Gasteiger partial charge in [-0.15, -0.1) is 0 Å². The Kier molecular flexibility index (Phi) is 1.49. The van der Waals surface area contributed by atoms with Gasteiger partial charge in [0.2, 0.25) is 0 Å². The number of hydrogen-bond donors (Lipinski definition) is 2. The number of aromatic nitrogens is 2. The van der Waals surface area contributed by atoms with Crippen LogP contribution in [-0.2, 0) is 0 Å². The Morgan fingerprint density at radius 2 is 2.50 bits per heavy atom. The van der Waals surface area contributed by atoms with Crippen molar-refractivity contribution in [3.8, 4) is 0 Å². The molecule has 2 heterocycles.